The quantitative estimate of drug-likeness (QED) is 0.387. The third kappa shape index (κ3) is 4.25. The van der Waals surface area contributed by atoms with E-state index in [2.05, 4.69) is 20.1 Å². The van der Waals surface area contributed by atoms with Gasteiger partial charge in [0.05, 0.1) is 15.8 Å². The molecule has 2 aromatic heterocycles. The Morgan fingerprint density at radius 2 is 1.66 bits per heavy atom. The number of rotatable bonds is 4. The van der Waals surface area contributed by atoms with Crippen molar-refractivity contribution in [1.82, 2.24) is 15.2 Å². The molecule has 5 nitrogen and oxygen atoms in total. The van der Waals surface area contributed by atoms with Gasteiger partial charge in [0.1, 0.15) is 22.6 Å². The fourth-order valence-corrected chi connectivity index (χ4v) is 4.71. The minimum atomic E-state index is -4.43. The summed E-state index contributed by atoms with van der Waals surface area (Å²) in [5.41, 5.74) is 0.920. The second-order valence-electron chi connectivity index (χ2n) is 7.56. The highest BCUT2D eigenvalue weighted by Crippen LogP contribution is 2.37. The molecule has 0 bridgehead atoms. The van der Waals surface area contributed by atoms with Crippen molar-refractivity contribution in [3.8, 4) is 16.5 Å². The van der Waals surface area contributed by atoms with Gasteiger partial charge in [-0.1, -0.05) is 24.3 Å². The second kappa shape index (κ2) is 8.38. The Kier molecular flexibility index (Phi) is 5.42. The molecule has 0 atom stereocenters. The Morgan fingerprint density at radius 3 is 2.38 bits per heavy atom. The van der Waals surface area contributed by atoms with E-state index in [9.17, 15) is 13.2 Å². The van der Waals surface area contributed by atoms with Gasteiger partial charge in [0.25, 0.3) is 0 Å². The highest BCUT2D eigenvalue weighted by atomic mass is 32.1. The van der Waals surface area contributed by atoms with Crippen molar-refractivity contribution in [3.63, 3.8) is 0 Å². The molecule has 0 saturated carbocycles. The second-order valence-corrected chi connectivity index (χ2v) is 8.59. The molecular weight excluding hydrogens is 437 g/mol. The maximum atomic E-state index is 13.2. The van der Waals surface area contributed by atoms with Gasteiger partial charge in [-0.2, -0.15) is 13.2 Å². The third-order valence-electron chi connectivity index (χ3n) is 5.42. The lowest BCUT2D eigenvalue weighted by molar-refractivity contribution is -0.139. The van der Waals surface area contributed by atoms with Crippen LogP contribution in [-0.4, -0.2) is 34.4 Å². The number of anilines is 1. The van der Waals surface area contributed by atoms with Gasteiger partial charge in [0.2, 0.25) is 0 Å². The van der Waals surface area contributed by atoms with Crippen LogP contribution in [-0.2, 0) is 6.18 Å². The van der Waals surface area contributed by atoms with Gasteiger partial charge in [0.15, 0.2) is 5.82 Å². The molecule has 1 aliphatic rings. The first-order valence-corrected chi connectivity index (χ1v) is 11.1. The zero-order valence-corrected chi connectivity index (χ0v) is 17.7. The van der Waals surface area contributed by atoms with Crippen molar-refractivity contribution in [1.29, 1.82) is 0 Å². The van der Waals surface area contributed by atoms with Crippen molar-refractivity contribution in [2.75, 3.05) is 18.0 Å². The van der Waals surface area contributed by atoms with Crippen molar-refractivity contribution in [3.05, 3.63) is 66.2 Å². The molecule has 32 heavy (non-hydrogen) atoms. The number of para-hydroxylation sites is 2. The Bertz CT molecular complexity index is 1180. The fraction of sp³-hybridized carbons (Fsp3) is 0.261. The van der Waals surface area contributed by atoms with Crippen LogP contribution in [0.1, 0.15) is 18.4 Å². The Hall–Kier alpha value is -3.20. The smallest absolute Gasteiger partial charge is 0.419 e. The first-order valence-electron chi connectivity index (χ1n) is 10.2. The minimum absolute atomic E-state index is 0.113. The Morgan fingerprint density at radius 1 is 0.906 bits per heavy atom. The summed E-state index contributed by atoms with van der Waals surface area (Å²) < 4.78 is 46.4. The average molecular weight is 456 g/mol. The van der Waals surface area contributed by atoms with Crippen molar-refractivity contribution in [2.24, 2.45) is 0 Å². The number of nitrogens with zero attached hydrogens (tertiary/aromatic N) is 4. The van der Waals surface area contributed by atoms with Crippen molar-refractivity contribution < 1.29 is 17.9 Å². The Labute approximate surface area is 186 Å². The molecule has 0 radical (unpaired) electrons. The van der Waals surface area contributed by atoms with Gasteiger partial charge in [-0.3, -0.25) is 0 Å². The summed E-state index contributed by atoms with van der Waals surface area (Å²) in [6, 6.07) is 17.1. The van der Waals surface area contributed by atoms with E-state index in [-0.39, 0.29) is 11.9 Å². The minimum Gasteiger partial charge on any atom is -0.490 e. The van der Waals surface area contributed by atoms with E-state index in [4.69, 9.17) is 4.74 Å². The molecule has 0 unspecified atom stereocenters. The summed E-state index contributed by atoms with van der Waals surface area (Å²) in [6.07, 6.45) is -3.50. The molecule has 4 aromatic rings. The van der Waals surface area contributed by atoms with Gasteiger partial charge in [-0.25, -0.2) is 4.98 Å². The van der Waals surface area contributed by atoms with E-state index < -0.39 is 11.7 Å². The number of alkyl halides is 3. The largest absolute Gasteiger partial charge is 0.490 e. The maximum Gasteiger partial charge on any atom is 0.419 e. The van der Waals surface area contributed by atoms with Crippen LogP contribution in [0.15, 0.2) is 60.7 Å². The summed E-state index contributed by atoms with van der Waals surface area (Å²) in [7, 11) is 0. The summed E-state index contributed by atoms with van der Waals surface area (Å²) >= 11 is 1.57. The van der Waals surface area contributed by atoms with Crippen molar-refractivity contribution >= 4 is 27.4 Å². The molecule has 0 amide bonds. The average Bonchev–Trinajstić information content (AvgIpc) is 3.24. The van der Waals surface area contributed by atoms with E-state index in [1.165, 1.54) is 12.1 Å². The lowest BCUT2D eigenvalue weighted by Crippen LogP contribution is -2.39. The van der Waals surface area contributed by atoms with Gasteiger partial charge >= 0.3 is 6.18 Å². The van der Waals surface area contributed by atoms with E-state index in [1.54, 1.807) is 17.4 Å². The number of hydrogen-bond acceptors (Lipinski definition) is 6. The molecule has 1 aliphatic heterocycles. The maximum absolute atomic E-state index is 13.2. The lowest BCUT2D eigenvalue weighted by Gasteiger charge is -2.33. The van der Waals surface area contributed by atoms with E-state index in [0.717, 1.165) is 32.8 Å². The summed E-state index contributed by atoms with van der Waals surface area (Å²) in [6.45, 7) is 1.27. The van der Waals surface area contributed by atoms with Crippen molar-refractivity contribution in [2.45, 2.75) is 25.1 Å². The molecule has 1 fully saturated rings. The Balaban J connectivity index is 1.23. The molecule has 1 saturated heterocycles. The van der Waals surface area contributed by atoms with Crippen LogP contribution in [0.4, 0.5) is 19.0 Å². The molecule has 0 N–H and O–H groups in total. The lowest BCUT2D eigenvalue weighted by atomic mass is 10.1. The third-order valence-corrected chi connectivity index (χ3v) is 6.47. The van der Waals surface area contributed by atoms with E-state index in [0.29, 0.717) is 25.9 Å². The molecule has 2 aromatic carbocycles. The number of benzene rings is 2. The van der Waals surface area contributed by atoms with Crippen LogP contribution in [0.3, 0.4) is 0 Å². The molecule has 164 valence electrons. The normalized spacial score (nSPS) is 15.3. The predicted octanol–water partition coefficient (Wildman–Crippen LogP) is 5.82. The number of fused-ring (bicyclic) bond motifs is 1. The van der Waals surface area contributed by atoms with Crippen LogP contribution < -0.4 is 9.64 Å². The summed E-state index contributed by atoms with van der Waals surface area (Å²) in [5, 5.41) is 9.52. The van der Waals surface area contributed by atoms with E-state index >= 15 is 0 Å². The van der Waals surface area contributed by atoms with Gasteiger partial charge in [-0.05, 0) is 36.4 Å². The van der Waals surface area contributed by atoms with Crippen LogP contribution in [0.2, 0.25) is 0 Å². The van der Waals surface area contributed by atoms with Crippen LogP contribution >= 0.6 is 11.3 Å². The fourth-order valence-electron chi connectivity index (χ4n) is 3.78. The molecule has 0 spiro atoms. The van der Waals surface area contributed by atoms with Crippen LogP contribution in [0, 0.1) is 0 Å². The summed E-state index contributed by atoms with van der Waals surface area (Å²) in [5.74, 6) is 0.627. The molecule has 5 rings (SSSR count). The molecule has 3 heterocycles. The van der Waals surface area contributed by atoms with E-state index in [1.807, 2.05) is 36.4 Å². The SMILES string of the molecule is FC(F)(F)c1ccccc1OC1CCN(c2ccc(-c3nc4ccccc4s3)nn2)CC1. The van der Waals surface area contributed by atoms with Crippen LogP contribution in [0.5, 0.6) is 5.75 Å². The number of piperidine rings is 1. The number of hydrogen-bond donors (Lipinski definition) is 0. The number of thiazole rings is 1. The first-order chi connectivity index (χ1) is 15.5. The first kappa shape index (κ1) is 20.7. The predicted molar refractivity (Wildman–Crippen MR) is 118 cm³/mol. The topological polar surface area (TPSA) is 51.1 Å². The summed E-state index contributed by atoms with van der Waals surface area (Å²) in [4.78, 5) is 6.68. The molecule has 9 heteroatoms. The van der Waals surface area contributed by atoms with Gasteiger partial charge in [0, 0.05) is 25.9 Å². The number of halogens is 3. The zero-order chi connectivity index (χ0) is 22.1. The standard InChI is InChI=1S/C23H19F3N4OS/c24-23(25,26)16-5-1-3-7-19(16)31-15-11-13-30(14-12-15)21-10-9-18(28-29-21)22-27-17-6-2-4-8-20(17)32-22/h1-10,15H,11-14H2. The molecular formula is C23H19F3N4OS. The highest BCUT2D eigenvalue weighted by Gasteiger charge is 2.35. The number of aromatic nitrogens is 3. The monoisotopic (exact) mass is 456 g/mol. The number of ether oxygens (including phenoxy) is 1. The molecule has 0 aliphatic carbocycles. The highest BCUT2D eigenvalue weighted by molar-refractivity contribution is 7.21. The van der Waals surface area contributed by atoms with Crippen LogP contribution in [0.25, 0.3) is 20.9 Å². The zero-order valence-electron chi connectivity index (χ0n) is 16.9. The van der Waals surface area contributed by atoms with Gasteiger partial charge < -0.3 is 9.64 Å². The van der Waals surface area contributed by atoms with Gasteiger partial charge in [-0.15, -0.1) is 21.5 Å².